The van der Waals surface area contributed by atoms with Crippen LogP contribution in [0.2, 0.25) is 0 Å². The van der Waals surface area contributed by atoms with Gasteiger partial charge in [-0.3, -0.25) is 4.79 Å². The van der Waals surface area contributed by atoms with Crippen molar-refractivity contribution >= 4 is 28.5 Å². The van der Waals surface area contributed by atoms with Crippen molar-refractivity contribution in [1.29, 1.82) is 0 Å². The quantitative estimate of drug-likeness (QED) is 0.788. The van der Waals surface area contributed by atoms with Gasteiger partial charge in [-0.15, -0.1) is 0 Å². The third-order valence-corrected chi connectivity index (χ3v) is 3.77. The van der Waals surface area contributed by atoms with Crippen LogP contribution in [0.15, 0.2) is 24.3 Å². The molecule has 3 nitrogen and oxygen atoms in total. The first kappa shape index (κ1) is 10.8. The third kappa shape index (κ3) is 1.66. The second-order valence-electron chi connectivity index (χ2n) is 4.52. The van der Waals surface area contributed by atoms with Gasteiger partial charge in [-0.2, -0.15) is 0 Å². The number of para-hydroxylation sites is 1. The molecule has 17 heavy (non-hydrogen) atoms. The van der Waals surface area contributed by atoms with Crippen LogP contribution in [-0.4, -0.2) is 21.2 Å². The number of aromatic amines is 1. The lowest BCUT2D eigenvalue weighted by atomic mass is 9.96. The third-order valence-electron chi connectivity index (χ3n) is 3.42. The lowest BCUT2D eigenvalue weighted by molar-refractivity contribution is -0.120. The highest BCUT2D eigenvalue weighted by molar-refractivity contribution is 6.15. The average Bonchev–Trinajstić information content (AvgIpc) is 2.64. The molecule has 3 rings (SSSR count). The fourth-order valence-electron chi connectivity index (χ4n) is 2.52. The molecule has 1 aliphatic heterocycles. The summed E-state index contributed by atoms with van der Waals surface area (Å²) in [5, 5.41) is 1.21. The molecule has 1 aromatic heterocycles. The number of hydrogen-bond acceptors (Lipinski definition) is 2. The minimum absolute atomic E-state index is 0.121. The number of nitrogens with one attached hydrogen (secondary N) is 1. The Morgan fingerprint density at radius 1 is 1.47 bits per heavy atom. The Labute approximate surface area is 104 Å². The van der Waals surface area contributed by atoms with Gasteiger partial charge in [0.15, 0.2) is 0 Å². The second kappa shape index (κ2) is 3.86. The number of nitrogens with zero attached hydrogens (tertiary/aromatic N) is 1. The maximum Gasteiger partial charge on any atom is 0.148 e. The van der Waals surface area contributed by atoms with E-state index in [-0.39, 0.29) is 11.8 Å². The lowest BCUT2D eigenvalue weighted by Gasteiger charge is -2.28. The first-order valence-electron chi connectivity index (χ1n) is 5.68. The Hall–Kier alpha value is -1.32. The summed E-state index contributed by atoms with van der Waals surface area (Å²) in [4.78, 5) is 14.9. The van der Waals surface area contributed by atoms with Crippen LogP contribution in [0.1, 0.15) is 18.2 Å². The number of rotatable bonds is 1. The second-order valence-corrected chi connectivity index (χ2v) is 4.95. The molecule has 0 radical (unpaired) electrons. The zero-order valence-electron chi connectivity index (χ0n) is 9.53. The van der Waals surface area contributed by atoms with Crippen molar-refractivity contribution in [3.8, 4) is 0 Å². The van der Waals surface area contributed by atoms with Crippen LogP contribution in [0.3, 0.4) is 0 Å². The molecule has 0 aliphatic carbocycles. The van der Waals surface area contributed by atoms with E-state index in [2.05, 4.69) is 17.1 Å². The van der Waals surface area contributed by atoms with Crippen molar-refractivity contribution in [3.63, 3.8) is 0 Å². The Balaban J connectivity index is 2.13. The number of Topliss-reactive ketones (excluding diaryl/α,β-unsaturated/α-hetero) is 1. The van der Waals surface area contributed by atoms with Gasteiger partial charge >= 0.3 is 0 Å². The highest BCUT2D eigenvalue weighted by Crippen LogP contribution is 2.31. The van der Waals surface area contributed by atoms with E-state index in [1.54, 1.807) is 11.3 Å². The number of ketones is 1. The highest BCUT2D eigenvalue weighted by atomic mass is 35.5. The van der Waals surface area contributed by atoms with Crippen molar-refractivity contribution in [1.82, 2.24) is 9.40 Å². The van der Waals surface area contributed by atoms with Gasteiger partial charge in [-0.05, 0) is 36.8 Å². The zero-order chi connectivity index (χ0) is 12.0. The van der Waals surface area contributed by atoms with E-state index in [1.165, 1.54) is 10.9 Å². The van der Waals surface area contributed by atoms with Gasteiger partial charge < -0.3 is 4.98 Å². The fourth-order valence-corrected chi connectivity index (χ4v) is 2.84. The van der Waals surface area contributed by atoms with Crippen molar-refractivity contribution in [2.24, 2.45) is 0 Å². The summed E-state index contributed by atoms with van der Waals surface area (Å²) in [6.07, 6.45) is 0.693. The van der Waals surface area contributed by atoms with Gasteiger partial charge in [0.2, 0.25) is 0 Å². The van der Waals surface area contributed by atoms with E-state index in [1.807, 2.05) is 12.1 Å². The summed E-state index contributed by atoms with van der Waals surface area (Å²) >= 11 is 6.13. The molecule has 1 atom stereocenters. The van der Waals surface area contributed by atoms with Crippen LogP contribution in [0.25, 0.3) is 10.9 Å². The van der Waals surface area contributed by atoms with Crippen molar-refractivity contribution in [3.05, 3.63) is 35.5 Å². The molecule has 2 heterocycles. The van der Waals surface area contributed by atoms with E-state index < -0.39 is 0 Å². The molecule has 0 amide bonds. The van der Waals surface area contributed by atoms with E-state index in [0.29, 0.717) is 13.0 Å². The van der Waals surface area contributed by atoms with Gasteiger partial charge in [0.05, 0.1) is 12.6 Å². The number of benzene rings is 1. The molecule has 0 saturated heterocycles. The predicted octanol–water partition coefficient (Wildman–Crippen LogP) is 2.64. The van der Waals surface area contributed by atoms with E-state index in [4.69, 9.17) is 11.8 Å². The molecule has 0 unspecified atom stereocenters. The molecule has 1 N–H and O–H groups in total. The monoisotopic (exact) mass is 248 g/mol. The van der Waals surface area contributed by atoms with Crippen molar-refractivity contribution in [2.75, 3.05) is 0 Å². The summed E-state index contributed by atoms with van der Waals surface area (Å²) in [5.41, 5.74) is 3.48. The number of carbonyl (C=O) groups excluding carboxylic acids is 1. The molecule has 0 fully saturated rings. The molecule has 2 aromatic rings. The Morgan fingerprint density at radius 2 is 2.24 bits per heavy atom. The van der Waals surface area contributed by atoms with Crippen LogP contribution in [0.4, 0.5) is 0 Å². The Morgan fingerprint density at radius 3 is 3.00 bits per heavy atom. The van der Waals surface area contributed by atoms with Gasteiger partial charge in [0.25, 0.3) is 0 Å². The standard InChI is InChI=1S/C13H13ClN2O/c1-8(17)13-6-10-9-4-2-3-5-11(9)15-12(10)7-16(13)14/h2-5,13,15H,6-7H2,1H3/t13-/m0/s1. The molecule has 88 valence electrons. The normalized spacial score (nSPS) is 20.5. The van der Waals surface area contributed by atoms with Crippen molar-refractivity contribution < 1.29 is 4.79 Å². The summed E-state index contributed by atoms with van der Waals surface area (Å²) in [6.45, 7) is 2.19. The van der Waals surface area contributed by atoms with Gasteiger partial charge in [0.1, 0.15) is 5.78 Å². The largest absolute Gasteiger partial charge is 0.357 e. The number of H-pyrrole nitrogens is 1. The van der Waals surface area contributed by atoms with Gasteiger partial charge in [-0.25, -0.2) is 4.42 Å². The van der Waals surface area contributed by atoms with Crippen molar-refractivity contribution in [2.45, 2.75) is 25.9 Å². The number of aromatic nitrogens is 1. The zero-order valence-corrected chi connectivity index (χ0v) is 10.3. The molecule has 0 saturated carbocycles. The molecular weight excluding hydrogens is 236 g/mol. The van der Waals surface area contributed by atoms with Crippen LogP contribution in [0.5, 0.6) is 0 Å². The first-order chi connectivity index (χ1) is 8.16. The highest BCUT2D eigenvalue weighted by Gasteiger charge is 2.30. The minimum Gasteiger partial charge on any atom is -0.357 e. The van der Waals surface area contributed by atoms with Gasteiger partial charge in [0, 0.05) is 16.6 Å². The van der Waals surface area contributed by atoms with E-state index in [9.17, 15) is 4.79 Å². The lowest BCUT2D eigenvalue weighted by Crippen LogP contribution is -2.38. The maximum atomic E-state index is 11.5. The molecule has 1 aliphatic rings. The smallest absolute Gasteiger partial charge is 0.148 e. The molecular formula is C13H13ClN2O. The van der Waals surface area contributed by atoms with E-state index in [0.717, 1.165) is 11.2 Å². The van der Waals surface area contributed by atoms with Crippen LogP contribution in [-0.2, 0) is 17.8 Å². The SMILES string of the molecule is CC(=O)[C@@H]1Cc2c([nH]c3ccccc23)CN1Cl. The van der Waals surface area contributed by atoms with Crippen LogP contribution >= 0.6 is 11.8 Å². The predicted molar refractivity (Wildman–Crippen MR) is 67.9 cm³/mol. The maximum absolute atomic E-state index is 11.5. The first-order valence-corrected chi connectivity index (χ1v) is 6.02. The molecule has 0 spiro atoms. The molecule has 4 heteroatoms. The fraction of sp³-hybridized carbons (Fsp3) is 0.308. The Kier molecular flexibility index (Phi) is 2.45. The number of hydrogen-bond donors (Lipinski definition) is 1. The van der Waals surface area contributed by atoms with E-state index >= 15 is 0 Å². The molecule has 0 bridgehead atoms. The summed E-state index contributed by atoms with van der Waals surface area (Å²) in [7, 11) is 0. The number of halogens is 1. The number of carbonyl (C=O) groups is 1. The summed E-state index contributed by atoms with van der Waals surface area (Å²) < 4.78 is 1.60. The summed E-state index contributed by atoms with van der Waals surface area (Å²) in [5.74, 6) is 0.121. The Bertz CT molecular complexity index is 590. The van der Waals surface area contributed by atoms with Gasteiger partial charge in [-0.1, -0.05) is 18.2 Å². The summed E-state index contributed by atoms with van der Waals surface area (Å²) in [6, 6.07) is 7.96. The topological polar surface area (TPSA) is 36.1 Å². The molecule has 1 aromatic carbocycles. The minimum atomic E-state index is -0.205. The van der Waals surface area contributed by atoms with Crippen LogP contribution < -0.4 is 0 Å². The number of fused-ring (bicyclic) bond motifs is 3. The average molecular weight is 249 g/mol. The van der Waals surface area contributed by atoms with Crippen LogP contribution in [0, 0.1) is 0 Å².